The van der Waals surface area contributed by atoms with Crippen molar-refractivity contribution < 1.29 is 4.42 Å². The Hall–Kier alpha value is -2.35. The van der Waals surface area contributed by atoms with E-state index < -0.39 is 0 Å². The molecule has 1 aliphatic heterocycles. The van der Waals surface area contributed by atoms with Crippen LogP contribution in [-0.4, -0.2) is 36.0 Å². The van der Waals surface area contributed by atoms with Crippen molar-refractivity contribution in [2.45, 2.75) is 19.4 Å². The standard InChI is InChI=1S/C23H26N4O.HI/c1-24-23(27-13-12-19(16-27)14-18-8-4-2-5-9-18)25-15-21-17-28-22(26-21)20-10-6-3-7-11-20;/h2-11,17,19H,12-16H2,1H3,(H,24,25);1H. The summed E-state index contributed by atoms with van der Waals surface area (Å²) >= 11 is 0. The van der Waals surface area contributed by atoms with Crippen LogP contribution in [-0.2, 0) is 13.0 Å². The average molecular weight is 502 g/mol. The molecule has 1 unspecified atom stereocenters. The number of benzene rings is 2. The number of halogens is 1. The molecule has 6 heteroatoms. The molecule has 0 bridgehead atoms. The maximum Gasteiger partial charge on any atom is 0.226 e. The largest absolute Gasteiger partial charge is 0.444 e. The van der Waals surface area contributed by atoms with Gasteiger partial charge in [0, 0.05) is 25.7 Å². The quantitative estimate of drug-likeness (QED) is 0.315. The third-order valence-corrected chi connectivity index (χ3v) is 5.16. The SMILES string of the molecule is CN=C(NCc1coc(-c2ccccc2)n1)N1CCC(Cc2ccccc2)C1.I. The van der Waals surface area contributed by atoms with Gasteiger partial charge >= 0.3 is 0 Å². The number of oxazole rings is 1. The topological polar surface area (TPSA) is 53.7 Å². The van der Waals surface area contributed by atoms with E-state index in [1.807, 2.05) is 37.4 Å². The zero-order chi connectivity index (χ0) is 19.2. The van der Waals surface area contributed by atoms with E-state index in [1.54, 1.807) is 6.26 Å². The molecule has 0 radical (unpaired) electrons. The Labute approximate surface area is 189 Å². The average Bonchev–Trinajstić information content (AvgIpc) is 3.40. The summed E-state index contributed by atoms with van der Waals surface area (Å²) in [7, 11) is 1.84. The Morgan fingerprint density at radius 2 is 1.86 bits per heavy atom. The van der Waals surface area contributed by atoms with Crippen molar-refractivity contribution in [3.63, 3.8) is 0 Å². The van der Waals surface area contributed by atoms with Gasteiger partial charge in [-0.15, -0.1) is 24.0 Å². The van der Waals surface area contributed by atoms with Gasteiger partial charge < -0.3 is 14.6 Å². The summed E-state index contributed by atoms with van der Waals surface area (Å²) in [6.07, 6.45) is 4.03. The summed E-state index contributed by atoms with van der Waals surface area (Å²) in [6, 6.07) is 20.7. The minimum Gasteiger partial charge on any atom is -0.444 e. The molecule has 1 atom stereocenters. The molecule has 3 aromatic rings. The Morgan fingerprint density at radius 1 is 1.14 bits per heavy atom. The van der Waals surface area contributed by atoms with E-state index in [0.717, 1.165) is 36.7 Å². The second-order valence-electron chi connectivity index (χ2n) is 7.20. The molecule has 5 nitrogen and oxygen atoms in total. The molecule has 2 aromatic carbocycles. The molecule has 0 amide bonds. The maximum atomic E-state index is 5.62. The number of nitrogens with zero attached hydrogens (tertiary/aromatic N) is 3. The summed E-state index contributed by atoms with van der Waals surface area (Å²) in [5.41, 5.74) is 3.27. The minimum absolute atomic E-state index is 0. The lowest BCUT2D eigenvalue weighted by atomic mass is 9.99. The number of likely N-dealkylation sites (tertiary alicyclic amines) is 1. The number of aromatic nitrogens is 1. The van der Waals surface area contributed by atoms with E-state index in [2.05, 4.69) is 50.5 Å². The van der Waals surface area contributed by atoms with Crippen LogP contribution < -0.4 is 5.32 Å². The molecular weight excluding hydrogens is 475 g/mol. The fourth-order valence-electron chi connectivity index (χ4n) is 3.74. The highest BCUT2D eigenvalue weighted by Crippen LogP contribution is 2.21. The smallest absolute Gasteiger partial charge is 0.226 e. The van der Waals surface area contributed by atoms with Crippen molar-refractivity contribution in [1.29, 1.82) is 0 Å². The normalized spacial score (nSPS) is 16.5. The summed E-state index contributed by atoms with van der Waals surface area (Å²) < 4.78 is 5.62. The van der Waals surface area contributed by atoms with Gasteiger partial charge in [-0.2, -0.15) is 0 Å². The molecule has 1 fully saturated rings. The first-order valence-corrected chi connectivity index (χ1v) is 9.81. The molecule has 29 heavy (non-hydrogen) atoms. The first-order valence-electron chi connectivity index (χ1n) is 9.81. The van der Waals surface area contributed by atoms with Gasteiger partial charge in [0.15, 0.2) is 5.96 Å². The predicted molar refractivity (Wildman–Crippen MR) is 127 cm³/mol. The van der Waals surface area contributed by atoms with E-state index in [-0.39, 0.29) is 24.0 Å². The monoisotopic (exact) mass is 502 g/mol. The van der Waals surface area contributed by atoms with E-state index in [0.29, 0.717) is 18.4 Å². The fraction of sp³-hybridized carbons (Fsp3) is 0.304. The number of guanidine groups is 1. The first-order chi connectivity index (χ1) is 13.8. The van der Waals surface area contributed by atoms with Crippen molar-refractivity contribution in [2.24, 2.45) is 10.9 Å². The zero-order valence-electron chi connectivity index (χ0n) is 16.6. The molecular formula is C23H27IN4O. The second-order valence-corrected chi connectivity index (χ2v) is 7.20. The highest BCUT2D eigenvalue weighted by atomic mass is 127. The summed E-state index contributed by atoms with van der Waals surface area (Å²) in [6.45, 7) is 2.66. The molecule has 1 saturated heterocycles. The third kappa shape index (κ3) is 5.59. The molecule has 1 aliphatic rings. The molecule has 4 rings (SSSR count). The van der Waals surface area contributed by atoms with Gasteiger partial charge in [0.05, 0.1) is 12.2 Å². The van der Waals surface area contributed by atoms with Gasteiger partial charge in [0.1, 0.15) is 6.26 Å². The minimum atomic E-state index is 0. The highest BCUT2D eigenvalue weighted by Gasteiger charge is 2.25. The number of rotatable bonds is 5. The van der Waals surface area contributed by atoms with Crippen molar-refractivity contribution in [3.05, 3.63) is 78.2 Å². The van der Waals surface area contributed by atoms with Crippen LogP contribution in [0.25, 0.3) is 11.5 Å². The highest BCUT2D eigenvalue weighted by molar-refractivity contribution is 14.0. The zero-order valence-corrected chi connectivity index (χ0v) is 19.0. The van der Waals surface area contributed by atoms with Crippen LogP contribution in [0.15, 0.2) is 76.3 Å². The lowest BCUT2D eigenvalue weighted by molar-refractivity contribution is 0.459. The predicted octanol–water partition coefficient (Wildman–Crippen LogP) is 4.60. The van der Waals surface area contributed by atoms with E-state index in [1.165, 1.54) is 12.0 Å². The van der Waals surface area contributed by atoms with Crippen molar-refractivity contribution in [3.8, 4) is 11.5 Å². The van der Waals surface area contributed by atoms with Crippen LogP contribution in [0.5, 0.6) is 0 Å². The van der Waals surface area contributed by atoms with Gasteiger partial charge in [-0.05, 0) is 36.5 Å². The summed E-state index contributed by atoms with van der Waals surface area (Å²) in [5.74, 6) is 2.24. The van der Waals surface area contributed by atoms with Gasteiger partial charge in [0.25, 0.3) is 0 Å². The Balaban J connectivity index is 0.00000240. The fourth-order valence-corrected chi connectivity index (χ4v) is 3.74. The number of nitrogens with one attached hydrogen (secondary N) is 1. The summed E-state index contributed by atoms with van der Waals surface area (Å²) in [4.78, 5) is 11.4. The molecule has 152 valence electrons. The lowest BCUT2D eigenvalue weighted by Crippen LogP contribution is -2.39. The van der Waals surface area contributed by atoms with Crippen LogP contribution >= 0.6 is 24.0 Å². The van der Waals surface area contributed by atoms with Gasteiger partial charge in [-0.1, -0.05) is 48.5 Å². The van der Waals surface area contributed by atoms with Gasteiger partial charge in [-0.3, -0.25) is 4.99 Å². The Morgan fingerprint density at radius 3 is 2.59 bits per heavy atom. The number of aliphatic imine (C=N–C) groups is 1. The van der Waals surface area contributed by atoms with Crippen LogP contribution in [0.2, 0.25) is 0 Å². The van der Waals surface area contributed by atoms with Gasteiger partial charge in [0.2, 0.25) is 5.89 Å². The number of hydrogen-bond donors (Lipinski definition) is 1. The van der Waals surface area contributed by atoms with Crippen LogP contribution in [0.3, 0.4) is 0 Å². The van der Waals surface area contributed by atoms with E-state index in [4.69, 9.17) is 4.42 Å². The molecule has 1 aromatic heterocycles. The molecule has 2 heterocycles. The van der Waals surface area contributed by atoms with Crippen LogP contribution in [0.1, 0.15) is 17.7 Å². The molecule has 0 spiro atoms. The Bertz CT molecular complexity index is 911. The Kier molecular flexibility index (Phi) is 7.69. The van der Waals surface area contributed by atoms with Crippen LogP contribution in [0.4, 0.5) is 0 Å². The van der Waals surface area contributed by atoms with Gasteiger partial charge in [-0.25, -0.2) is 4.98 Å². The van der Waals surface area contributed by atoms with Crippen molar-refractivity contribution >= 4 is 29.9 Å². The van der Waals surface area contributed by atoms with Crippen LogP contribution in [0, 0.1) is 5.92 Å². The maximum absolute atomic E-state index is 5.62. The van der Waals surface area contributed by atoms with E-state index >= 15 is 0 Å². The van der Waals surface area contributed by atoms with Crippen molar-refractivity contribution in [2.75, 3.05) is 20.1 Å². The number of hydrogen-bond acceptors (Lipinski definition) is 3. The molecule has 0 aliphatic carbocycles. The lowest BCUT2D eigenvalue weighted by Gasteiger charge is -2.21. The molecule has 0 saturated carbocycles. The molecule has 1 N–H and O–H groups in total. The van der Waals surface area contributed by atoms with Crippen molar-refractivity contribution in [1.82, 2.24) is 15.2 Å². The summed E-state index contributed by atoms with van der Waals surface area (Å²) in [5, 5.41) is 3.43. The second kappa shape index (κ2) is 10.4. The first kappa shape index (κ1) is 21.4. The van der Waals surface area contributed by atoms with E-state index in [9.17, 15) is 0 Å². The third-order valence-electron chi connectivity index (χ3n) is 5.16.